The molecule has 1 heterocycles. The molecule has 0 saturated carbocycles. The normalized spacial score (nSPS) is 15.7. The summed E-state index contributed by atoms with van der Waals surface area (Å²) in [6.45, 7) is 5.12. The van der Waals surface area contributed by atoms with E-state index in [1.54, 1.807) is 24.1 Å². The largest absolute Gasteiger partial charge is 0.496 e. The average Bonchev–Trinajstić information content (AvgIpc) is 2.53. The number of methoxy groups -OCH3 is 1. The summed E-state index contributed by atoms with van der Waals surface area (Å²) >= 11 is 0. The van der Waals surface area contributed by atoms with Gasteiger partial charge in [0.25, 0.3) is 5.91 Å². The third kappa shape index (κ3) is 3.78. The van der Waals surface area contributed by atoms with Gasteiger partial charge in [-0.25, -0.2) is 0 Å². The third-order valence-electron chi connectivity index (χ3n) is 3.92. The Kier molecular flexibility index (Phi) is 5.41. The molecule has 120 valence electrons. The number of piperidine rings is 1. The molecule has 22 heavy (non-hydrogen) atoms. The zero-order chi connectivity index (χ0) is 16.1. The van der Waals surface area contributed by atoms with Crippen molar-refractivity contribution >= 4 is 11.8 Å². The Morgan fingerprint density at radius 3 is 2.45 bits per heavy atom. The predicted molar refractivity (Wildman–Crippen MR) is 84.9 cm³/mol. The van der Waals surface area contributed by atoms with Gasteiger partial charge in [-0.3, -0.25) is 9.59 Å². The van der Waals surface area contributed by atoms with Gasteiger partial charge >= 0.3 is 0 Å². The highest BCUT2D eigenvalue weighted by atomic mass is 16.5. The molecule has 1 aromatic rings. The Balaban J connectivity index is 1.96. The second-order valence-corrected chi connectivity index (χ2v) is 5.93. The molecule has 5 nitrogen and oxygen atoms in total. The standard InChI is InChI=1S/C17H24N2O3/c1-12(2)18-16(20)13-8-10-19(11-9-13)17(21)14-6-4-5-7-15(14)22-3/h4-7,12-13H,8-11H2,1-3H3,(H,18,20). The summed E-state index contributed by atoms with van der Waals surface area (Å²) in [7, 11) is 1.56. The molecule has 5 heteroatoms. The number of ether oxygens (including phenoxy) is 1. The van der Waals surface area contributed by atoms with Crippen molar-refractivity contribution in [1.29, 1.82) is 0 Å². The molecule has 0 aromatic heterocycles. The van der Waals surface area contributed by atoms with Gasteiger partial charge in [-0.1, -0.05) is 12.1 Å². The number of likely N-dealkylation sites (tertiary alicyclic amines) is 1. The summed E-state index contributed by atoms with van der Waals surface area (Å²) in [4.78, 5) is 26.4. The van der Waals surface area contributed by atoms with Crippen LogP contribution in [0.4, 0.5) is 0 Å². The lowest BCUT2D eigenvalue weighted by atomic mass is 9.95. The summed E-state index contributed by atoms with van der Waals surface area (Å²) in [6.07, 6.45) is 1.42. The van der Waals surface area contributed by atoms with Crippen LogP contribution in [0.25, 0.3) is 0 Å². The first-order valence-corrected chi connectivity index (χ1v) is 7.75. The monoisotopic (exact) mass is 304 g/mol. The van der Waals surface area contributed by atoms with E-state index >= 15 is 0 Å². The third-order valence-corrected chi connectivity index (χ3v) is 3.92. The average molecular weight is 304 g/mol. The molecule has 0 radical (unpaired) electrons. The van der Waals surface area contributed by atoms with Gasteiger partial charge in [0.2, 0.25) is 5.91 Å². The van der Waals surface area contributed by atoms with Gasteiger partial charge in [-0.05, 0) is 38.8 Å². The second kappa shape index (κ2) is 7.29. The Hall–Kier alpha value is -2.04. The highest BCUT2D eigenvalue weighted by molar-refractivity contribution is 5.97. The lowest BCUT2D eigenvalue weighted by Crippen LogP contribution is -2.44. The minimum atomic E-state index is -0.0276. The Morgan fingerprint density at radius 1 is 1.23 bits per heavy atom. The minimum Gasteiger partial charge on any atom is -0.496 e. The highest BCUT2D eigenvalue weighted by Crippen LogP contribution is 2.23. The van der Waals surface area contributed by atoms with Gasteiger partial charge < -0.3 is 15.0 Å². The van der Waals surface area contributed by atoms with Crippen LogP contribution in [-0.2, 0) is 4.79 Å². The molecule has 1 saturated heterocycles. The van der Waals surface area contributed by atoms with Crippen LogP contribution >= 0.6 is 0 Å². The van der Waals surface area contributed by atoms with E-state index in [1.165, 1.54) is 0 Å². The quantitative estimate of drug-likeness (QED) is 0.926. The molecule has 2 rings (SSSR count). The first-order valence-electron chi connectivity index (χ1n) is 7.75. The maximum Gasteiger partial charge on any atom is 0.257 e. The second-order valence-electron chi connectivity index (χ2n) is 5.93. The highest BCUT2D eigenvalue weighted by Gasteiger charge is 2.28. The zero-order valence-corrected chi connectivity index (χ0v) is 13.5. The van der Waals surface area contributed by atoms with Crippen LogP contribution in [0.1, 0.15) is 37.0 Å². The Morgan fingerprint density at radius 2 is 1.86 bits per heavy atom. The molecule has 0 aliphatic carbocycles. The topological polar surface area (TPSA) is 58.6 Å². The summed E-state index contributed by atoms with van der Waals surface area (Å²) in [5.74, 6) is 0.663. The maximum absolute atomic E-state index is 12.6. The molecular formula is C17H24N2O3. The molecule has 0 spiro atoms. The minimum absolute atomic E-state index is 0.00381. The molecule has 0 bridgehead atoms. The molecule has 1 aromatic carbocycles. The first kappa shape index (κ1) is 16.3. The number of hydrogen-bond donors (Lipinski definition) is 1. The van der Waals surface area contributed by atoms with Crippen molar-refractivity contribution in [1.82, 2.24) is 10.2 Å². The van der Waals surface area contributed by atoms with Crippen molar-refractivity contribution in [2.24, 2.45) is 5.92 Å². The van der Waals surface area contributed by atoms with Crippen LogP contribution in [0.2, 0.25) is 0 Å². The number of rotatable bonds is 4. The van der Waals surface area contributed by atoms with E-state index in [1.807, 2.05) is 26.0 Å². The van der Waals surface area contributed by atoms with E-state index in [9.17, 15) is 9.59 Å². The first-order chi connectivity index (χ1) is 10.5. The molecule has 1 aliphatic heterocycles. The Bertz CT molecular complexity index is 534. The van der Waals surface area contributed by atoms with Crippen LogP contribution in [0.3, 0.4) is 0 Å². The number of nitrogens with zero attached hydrogens (tertiary/aromatic N) is 1. The van der Waals surface area contributed by atoms with Crippen LogP contribution < -0.4 is 10.1 Å². The smallest absolute Gasteiger partial charge is 0.257 e. The fourth-order valence-corrected chi connectivity index (χ4v) is 2.74. The summed E-state index contributed by atoms with van der Waals surface area (Å²) in [5.41, 5.74) is 0.579. The van der Waals surface area contributed by atoms with Crippen LogP contribution in [0.5, 0.6) is 5.75 Å². The predicted octanol–water partition coefficient (Wildman–Crippen LogP) is 2.07. The molecule has 1 aliphatic rings. The van der Waals surface area contributed by atoms with E-state index in [4.69, 9.17) is 4.74 Å². The van der Waals surface area contributed by atoms with Crippen molar-refractivity contribution < 1.29 is 14.3 Å². The van der Waals surface area contributed by atoms with Crippen LogP contribution in [0, 0.1) is 5.92 Å². The fourth-order valence-electron chi connectivity index (χ4n) is 2.74. The molecule has 0 unspecified atom stereocenters. The number of amides is 2. The summed E-state index contributed by atoms with van der Waals surface area (Å²) in [6, 6.07) is 7.40. The lowest BCUT2D eigenvalue weighted by Gasteiger charge is -2.32. The van der Waals surface area contributed by atoms with Gasteiger partial charge in [0.15, 0.2) is 0 Å². The van der Waals surface area contributed by atoms with Crippen molar-refractivity contribution in [3.8, 4) is 5.75 Å². The van der Waals surface area contributed by atoms with Crippen LogP contribution in [0.15, 0.2) is 24.3 Å². The molecule has 2 amide bonds. The maximum atomic E-state index is 12.6. The lowest BCUT2D eigenvalue weighted by molar-refractivity contribution is -0.126. The molecular weight excluding hydrogens is 280 g/mol. The molecule has 1 N–H and O–H groups in total. The van der Waals surface area contributed by atoms with Gasteiger partial charge in [0, 0.05) is 25.0 Å². The zero-order valence-electron chi connectivity index (χ0n) is 13.5. The van der Waals surface area contributed by atoms with Gasteiger partial charge in [0.1, 0.15) is 5.75 Å². The van der Waals surface area contributed by atoms with Gasteiger partial charge in [0.05, 0.1) is 12.7 Å². The van der Waals surface area contributed by atoms with Crippen molar-refractivity contribution in [3.63, 3.8) is 0 Å². The van der Waals surface area contributed by atoms with Crippen molar-refractivity contribution in [2.75, 3.05) is 20.2 Å². The number of para-hydroxylation sites is 1. The molecule has 1 fully saturated rings. The number of carbonyl (C=O) groups is 2. The fraction of sp³-hybridized carbons (Fsp3) is 0.529. The van der Waals surface area contributed by atoms with Crippen molar-refractivity contribution in [2.45, 2.75) is 32.7 Å². The van der Waals surface area contributed by atoms with E-state index in [0.717, 1.165) is 0 Å². The van der Waals surface area contributed by atoms with Gasteiger partial charge in [-0.15, -0.1) is 0 Å². The SMILES string of the molecule is COc1ccccc1C(=O)N1CCC(C(=O)NC(C)C)CC1. The summed E-state index contributed by atoms with van der Waals surface area (Å²) < 4.78 is 5.25. The van der Waals surface area contributed by atoms with E-state index in [2.05, 4.69) is 5.32 Å². The van der Waals surface area contributed by atoms with Crippen molar-refractivity contribution in [3.05, 3.63) is 29.8 Å². The van der Waals surface area contributed by atoms with E-state index in [0.29, 0.717) is 37.2 Å². The summed E-state index contributed by atoms with van der Waals surface area (Å²) in [5, 5.41) is 2.94. The van der Waals surface area contributed by atoms with Crippen LogP contribution in [-0.4, -0.2) is 43.0 Å². The number of benzene rings is 1. The number of carbonyl (C=O) groups excluding carboxylic acids is 2. The Labute approximate surface area is 131 Å². The van der Waals surface area contributed by atoms with E-state index < -0.39 is 0 Å². The molecule has 0 atom stereocenters. The van der Waals surface area contributed by atoms with Gasteiger partial charge in [-0.2, -0.15) is 0 Å². The number of hydrogen-bond acceptors (Lipinski definition) is 3. The van der Waals surface area contributed by atoms with E-state index in [-0.39, 0.29) is 23.8 Å². The number of nitrogens with one attached hydrogen (secondary N) is 1.